The van der Waals surface area contributed by atoms with Gasteiger partial charge in [0.25, 0.3) is 0 Å². The zero-order valence-corrected chi connectivity index (χ0v) is 9.26. The molecule has 0 aliphatic carbocycles. The average molecular weight is 209 g/mol. The second-order valence-electron chi connectivity index (χ2n) is 4.28. The topological polar surface area (TPSA) is 41.3 Å². The van der Waals surface area contributed by atoms with Crippen LogP contribution in [0.15, 0.2) is 12.3 Å². The van der Waals surface area contributed by atoms with E-state index in [4.69, 9.17) is 5.11 Å². The fourth-order valence-corrected chi connectivity index (χ4v) is 2.29. The Hall–Kier alpha value is -0.870. The van der Waals surface area contributed by atoms with E-state index in [0.717, 1.165) is 19.6 Å². The lowest BCUT2D eigenvalue weighted by atomic mass is 9.95. The van der Waals surface area contributed by atoms with Crippen molar-refractivity contribution in [2.45, 2.75) is 18.8 Å². The zero-order chi connectivity index (χ0) is 10.7. The Morgan fingerprint density at radius 1 is 1.60 bits per heavy atom. The van der Waals surface area contributed by atoms with Crippen LogP contribution in [0.1, 0.15) is 24.5 Å². The number of aliphatic hydroxyl groups excluding tert-OH is 1. The van der Waals surface area contributed by atoms with Crippen molar-refractivity contribution < 1.29 is 5.11 Å². The summed E-state index contributed by atoms with van der Waals surface area (Å²) in [4.78, 5) is 2.32. The summed E-state index contributed by atoms with van der Waals surface area (Å²) in [7, 11) is 1.96. The minimum atomic E-state index is 0.259. The molecule has 4 heteroatoms. The number of rotatable bonds is 3. The number of β-amino-alcohol motifs (C(OH)–C–C–N with tert-alkyl or cyclic N) is 1. The van der Waals surface area contributed by atoms with E-state index in [2.05, 4.69) is 16.1 Å². The number of nitrogens with zero attached hydrogens (tertiary/aromatic N) is 3. The minimum absolute atomic E-state index is 0.259. The Balaban J connectivity index is 1.98. The van der Waals surface area contributed by atoms with Gasteiger partial charge in [0, 0.05) is 32.3 Å². The molecule has 1 aromatic heterocycles. The summed E-state index contributed by atoms with van der Waals surface area (Å²) >= 11 is 0. The lowest BCUT2D eigenvalue weighted by molar-refractivity contribution is 0.160. The molecule has 0 bridgehead atoms. The van der Waals surface area contributed by atoms with Gasteiger partial charge in [-0.25, -0.2) is 0 Å². The van der Waals surface area contributed by atoms with Gasteiger partial charge < -0.3 is 10.0 Å². The third-order valence-electron chi connectivity index (χ3n) is 3.07. The van der Waals surface area contributed by atoms with E-state index in [0.29, 0.717) is 5.92 Å². The van der Waals surface area contributed by atoms with Crippen LogP contribution in [0.4, 0.5) is 0 Å². The molecule has 0 radical (unpaired) electrons. The van der Waals surface area contributed by atoms with Crippen molar-refractivity contribution in [1.82, 2.24) is 14.7 Å². The maximum Gasteiger partial charge on any atom is 0.0668 e. The first-order valence-corrected chi connectivity index (χ1v) is 5.62. The zero-order valence-electron chi connectivity index (χ0n) is 9.26. The van der Waals surface area contributed by atoms with Gasteiger partial charge in [-0.3, -0.25) is 4.68 Å². The molecule has 0 unspecified atom stereocenters. The lowest BCUT2D eigenvalue weighted by Gasteiger charge is -2.31. The molecule has 1 aliphatic rings. The normalized spacial score (nSPS) is 23.2. The van der Waals surface area contributed by atoms with Crippen molar-refractivity contribution in [2.24, 2.45) is 7.05 Å². The molecule has 15 heavy (non-hydrogen) atoms. The average Bonchev–Trinajstić information content (AvgIpc) is 2.66. The van der Waals surface area contributed by atoms with E-state index in [1.54, 1.807) is 0 Å². The third kappa shape index (κ3) is 2.58. The maximum atomic E-state index is 8.92. The summed E-state index contributed by atoms with van der Waals surface area (Å²) in [5.41, 5.74) is 1.19. The van der Waals surface area contributed by atoms with Crippen molar-refractivity contribution >= 4 is 0 Å². The van der Waals surface area contributed by atoms with Crippen LogP contribution >= 0.6 is 0 Å². The molecule has 1 aliphatic heterocycles. The first-order chi connectivity index (χ1) is 7.29. The Morgan fingerprint density at radius 2 is 2.47 bits per heavy atom. The van der Waals surface area contributed by atoms with E-state index >= 15 is 0 Å². The van der Waals surface area contributed by atoms with Crippen molar-refractivity contribution in [3.05, 3.63) is 18.0 Å². The predicted molar refractivity (Wildman–Crippen MR) is 58.7 cm³/mol. The molecule has 0 saturated carbocycles. The largest absolute Gasteiger partial charge is 0.395 e. The molecule has 2 rings (SSSR count). The van der Waals surface area contributed by atoms with Gasteiger partial charge in [-0.2, -0.15) is 5.10 Å². The molecule has 1 N–H and O–H groups in total. The summed E-state index contributed by atoms with van der Waals surface area (Å²) < 4.78 is 1.86. The molecule has 0 spiro atoms. The number of aromatic nitrogens is 2. The van der Waals surface area contributed by atoms with E-state index in [1.807, 2.05) is 17.9 Å². The van der Waals surface area contributed by atoms with Crippen LogP contribution in [-0.4, -0.2) is 46.0 Å². The van der Waals surface area contributed by atoms with Crippen LogP contribution in [0.3, 0.4) is 0 Å². The predicted octanol–water partition coefficient (Wildman–Crippen LogP) is 0.592. The van der Waals surface area contributed by atoms with E-state index in [9.17, 15) is 0 Å². The van der Waals surface area contributed by atoms with Crippen molar-refractivity contribution in [1.29, 1.82) is 0 Å². The van der Waals surface area contributed by atoms with Gasteiger partial charge in [0.1, 0.15) is 0 Å². The monoisotopic (exact) mass is 209 g/mol. The van der Waals surface area contributed by atoms with Crippen LogP contribution in [-0.2, 0) is 7.05 Å². The molecular weight excluding hydrogens is 190 g/mol. The number of piperidine rings is 1. The van der Waals surface area contributed by atoms with Gasteiger partial charge in [0.05, 0.1) is 12.3 Å². The van der Waals surface area contributed by atoms with Gasteiger partial charge in [-0.05, 0) is 25.5 Å². The number of likely N-dealkylation sites (tertiary alicyclic amines) is 1. The summed E-state index contributed by atoms with van der Waals surface area (Å²) in [6, 6.07) is 2.10. The third-order valence-corrected chi connectivity index (χ3v) is 3.07. The Bertz CT molecular complexity index is 309. The first-order valence-electron chi connectivity index (χ1n) is 5.62. The molecule has 2 heterocycles. The van der Waals surface area contributed by atoms with Gasteiger partial charge >= 0.3 is 0 Å². The highest BCUT2D eigenvalue weighted by molar-refractivity contribution is 5.08. The molecule has 4 nitrogen and oxygen atoms in total. The van der Waals surface area contributed by atoms with Gasteiger partial charge in [-0.1, -0.05) is 0 Å². The Labute approximate surface area is 90.5 Å². The van der Waals surface area contributed by atoms with E-state index < -0.39 is 0 Å². The van der Waals surface area contributed by atoms with Crippen molar-refractivity contribution in [3.63, 3.8) is 0 Å². The molecule has 84 valence electrons. The summed E-state index contributed by atoms with van der Waals surface area (Å²) in [5.74, 6) is 0.548. The van der Waals surface area contributed by atoms with Gasteiger partial charge in [0.2, 0.25) is 0 Å². The fraction of sp³-hybridized carbons (Fsp3) is 0.727. The highest BCUT2D eigenvalue weighted by atomic mass is 16.3. The molecule has 0 aromatic carbocycles. The highest BCUT2D eigenvalue weighted by Crippen LogP contribution is 2.24. The number of hydrogen-bond acceptors (Lipinski definition) is 3. The molecule has 0 amide bonds. The van der Waals surface area contributed by atoms with Crippen LogP contribution in [0.2, 0.25) is 0 Å². The summed E-state index contributed by atoms with van der Waals surface area (Å²) in [6.07, 6.45) is 4.43. The van der Waals surface area contributed by atoms with Crippen molar-refractivity contribution in [3.8, 4) is 0 Å². The van der Waals surface area contributed by atoms with E-state index in [1.165, 1.54) is 18.5 Å². The van der Waals surface area contributed by atoms with Gasteiger partial charge in [-0.15, -0.1) is 0 Å². The molecular formula is C11H19N3O. The van der Waals surface area contributed by atoms with Gasteiger partial charge in [0.15, 0.2) is 0 Å². The fourth-order valence-electron chi connectivity index (χ4n) is 2.29. The quantitative estimate of drug-likeness (QED) is 0.792. The second kappa shape index (κ2) is 4.77. The van der Waals surface area contributed by atoms with Crippen LogP contribution < -0.4 is 0 Å². The van der Waals surface area contributed by atoms with Crippen LogP contribution in [0, 0.1) is 0 Å². The second-order valence-corrected chi connectivity index (χ2v) is 4.28. The van der Waals surface area contributed by atoms with Crippen molar-refractivity contribution in [2.75, 3.05) is 26.2 Å². The summed E-state index contributed by atoms with van der Waals surface area (Å²) in [5, 5.41) is 13.4. The van der Waals surface area contributed by atoms with Crippen LogP contribution in [0.5, 0.6) is 0 Å². The number of hydrogen-bond donors (Lipinski definition) is 1. The Kier molecular flexibility index (Phi) is 3.38. The smallest absolute Gasteiger partial charge is 0.0668 e. The molecule has 1 saturated heterocycles. The molecule has 1 aromatic rings. The Morgan fingerprint density at radius 3 is 3.13 bits per heavy atom. The maximum absolute atomic E-state index is 8.92. The highest BCUT2D eigenvalue weighted by Gasteiger charge is 2.22. The minimum Gasteiger partial charge on any atom is -0.395 e. The standard InChI is InChI=1S/C11H19N3O/c1-13-6-4-11(12-13)10-3-2-5-14(9-10)7-8-15/h4,6,10,15H,2-3,5,7-9H2,1H3/t10-/m1/s1. The molecule has 1 fully saturated rings. The first kappa shape index (κ1) is 10.6. The van der Waals surface area contributed by atoms with Crippen LogP contribution in [0.25, 0.3) is 0 Å². The lowest BCUT2D eigenvalue weighted by Crippen LogP contribution is -2.36. The molecule has 1 atom stereocenters. The number of aryl methyl sites for hydroxylation is 1. The summed E-state index contributed by atoms with van der Waals surface area (Å²) in [6.45, 7) is 3.21. The van der Waals surface area contributed by atoms with E-state index in [-0.39, 0.29) is 6.61 Å². The SMILES string of the molecule is Cn1ccc([C@@H]2CCCN(CCO)C2)n1. The number of aliphatic hydroxyl groups is 1.